The average Bonchev–Trinajstić information content (AvgIpc) is 2.09. The van der Waals surface area contributed by atoms with E-state index in [4.69, 9.17) is 0 Å². The summed E-state index contributed by atoms with van der Waals surface area (Å²) in [6, 6.07) is 1.49. The van der Waals surface area contributed by atoms with Crippen LogP contribution in [0.4, 0.5) is 0 Å². The Morgan fingerprint density at radius 3 is 2.57 bits per heavy atom. The summed E-state index contributed by atoms with van der Waals surface area (Å²) in [5.41, 5.74) is 0. The predicted molar refractivity (Wildman–Crippen MR) is 61.3 cm³/mol. The molecule has 2 fully saturated rings. The molecule has 14 heavy (non-hydrogen) atoms. The van der Waals surface area contributed by atoms with Crippen molar-refractivity contribution in [1.29, 1.82) is 0 Å². The molecule has 1 nitrogen and oxygen atoms in total. The van der Waals surface area contributed by atoms with Crippen LogP contribution >= 0.6 is 0 Å². The van der Waals surface area contributed by atoms with Crippen LogP contribution in [0, 0.1) is 17.8 Å². The summed E-state index contributed by atoms with van der Waals surface area (Å²) < 4.78 is 0. The first-order valence-electron chi connectivity index (χ1n) is 6.41. The maximum atomic E-state index is 3.76. The van der Waals surface area contributed by atoms with Gasteiger partial charge in [0, 0.05) is 12.1 Å². The Labute approximate surface area is 88.7 Å². The van der Waals surface area contributed by atoms with Crippen LogP contribution in [0.3, 0.4) is 0 Å². The first-order chi connectivity index (χ1) is 6.65. The van der Waals surface area contributed by atoms with E-state index >= 15 is 0 Å². The average molecular weight is 195 g/mol. The lowest BCUT2D eigenvalue weighted by molar-refractivity contribution is 0.105. The molecule has 2 bridgehead atoms. The molecular weight excluding hydrogens is 170 g/mol. The van der Waals surface area contributed by atoms with Crippen molar-refractivity contribution in [3.05, 3.63) is 0 Å². The van der Waals surface area contributed by atoms with Gasteiger partial charge in [-0.15, -0.1) is 0 Å². The van der Waals surface area contributed by atoms with Crippen LogP contribution in [0.2, 0.25) is 0 Å². The van der Waals surface area contributed by atoms with E-state index in [1.54, 1.807) is 0 Å². The molecule has 4 atom stereocenters. The van der Waals surface area contributed by atoms with Crippen LogP contribution in [0.5, 0.6) is 0 Å². The second kappa shape index (κ2) is 4.22. The zero-order chi connectivity index (χ0) is 10.1. The Morgan fingerprint density at radius 1 is 1.07 bits per heavy atom. The van der Waals surface area contributed by atoms with E-state index in [2.05, 4.69) is 26.1 Å². The van der Waals surface area contributed by atoms with Gasteiger partial charge in [0.2, 0.25) is 0 Å². The van der Waals surface area contributed by atoms with E-state index in [9.17, 15) is 0 Å². The second-order valence-electron chi connectivity index (χ2n) is 5.94. The third-order valence-electron chi connectivity index (χ3n) is 4.08. The molecule has 1 heteroatoms. The molecular formula is C13H25N. The maximum Gasteiger partial charge on any atom is 0.00979 e. The number of nitrogens with one attached hydrogen (secondary N) is 1. The van der Waals surface area contributed by atoms with Gasteiger partial charge in [0.25, 0.3) is 0 Å². The smallest absolute Gasteiger partial charge is 0.00979 e. The van der Waals surface area contributed by atoms with Gasteiger partial charge in [-0.1, -0.05) is 20.8 Å². The Balaban J connectivity index is 1.93. The van der Waals surface area contributed by atoms with Gasteiger partial charge in [-0.2, -0.15) is 0 Å². The maximum absolute atomic E-state index is 3.76. The number of hydrogen-bond donors (Lipinski definition) is 1. The van der Waals surface area contributed by atoms with Crippen molar-refractivity contribution >= 4 is 0 Å². The summed E-state index contributed by atoms with van der Waals surface area (Å²) in [6.45, 7) is 6.99. The molecule has 2 saturated carbocycles. The number of hydrogen-bond acceptors (Lipinski definition) is 1. The fraction of sp³-hybridized carbons (Fsp3) is 1.00. The molecule has 0 saturated heterocycles. The highest BCUT2D eigenvalue weighted by molar-refractivity contribution is 4.90. The first kappa shape index (κ1) is 10.5. The monoisotopic (exact) mass is 195 g/mol. The van der Waals surface area contributed by atoms with Crippen LogP contribution in [0.1, 0.15) is 52.9 Å². The van der Waals surface area contributed by atoms with Crippen LogP contribution in [-0.4, -0.2) is 12.1 Å². The van der Waals surface area contributed by atoms with E-state index in [1.807, 2.05) is 0 Å². The number of fused-ring (bicyclic) bond motifs is 2. The van der Waals surface area contributed by atoms with Crippen LogP contribution in [0.25, 0.3) is 0 Å². The molecule has 0 spiro atoms. The van der Waals surface area contributed by atoms with Crippen molar-refractivity contribution < 1.29 is 0 Å². The van der Waals surface area contributed by atoms with E-state index in [1.165, 1.54) is 32.1 Å². The Morgan fingerprint density at radius 2 is 1.86 bits per heavy atom. The summed E-state index contributed by atoms with van der Waals surface area (Å²) in [7, 11) is 0. The topological polar surface area (TPSA) is 12.0 Å². The summed E-state index contributed by atoms with van der Waals surface area (Å²) in [4.78, 5) is 0. The highest BCUT2D eigenvalue weighted by Gasteiger charge is 2.35. The van der Waals surface area contributed by atoms with Crippen molar-refractivity contribution in [2.75, 3.05) is 0 Å². The van der Waals surface area contributed by atoms with Gasteiger partial charge in [0.05, 0.1) is 0 Å². The van der Waals surface area contributed by atoms with Crippen LogP contribution in [-0.2, 0) is 0 Å². The van der Waals surface area contributed by atoms with E-state index in [-0.39, 0.29) is 0 Å². The van der Waals surface area contributed by atoms with E-state index < -0.39 is 0 Å². The van der Waals surface area contributed by atoms with Gasteiger partial charge in [-0.25, -0.2) is 0 Å². The SMILES string of the molecule is CC1CC2CCC(NC(C)C)C(C1)C2. The van der Waals surface area contributed by atoms with E-state index in [0.29, 0.717) is 6.04 Å². The lowest BCUT2D eigenvalue weighted by atomic mass is 9.66. The molecule has 0 aromatic rings. The van der Waals surface area contributed by atoms with Crippen LogP contribution in [0.15, 0.2) is 0 Å². The van der Waals surface area contributed by atoms with Gasteiger partial charge in [-0.3, -0.25) is 0 Å². The van der Waals surface area contributed by atoms with Gasteiger partial charge in [0.15, 0.2) is 0 Å². The summed E-state index contributed by atoms with van der Waals surface area (Å²) in [6.07, 6.45) is 7.39. The summed E-state index contributed by atoms with van der Waals surface area (Å²) >= 11 is 0. The first-order valence-corrected chi connectivity index (χ1v) is 6.41. The highest BCUT2D eigenvalue weighted by atomic mass is 14.9. The molecule has 2 aliphatic rings. The molecule has 0 radical (unpaired) electrons. The minimum Gasteiger partial charge on any atom is -0.312 e. The molecule has 0 aromatic carbocycles. The molecule has 0 heterocycles. The molecule has 0 aliphatic heterocycles. The van der Waals surface area contributed by atoms with Crippen molar-refractivity contribution in [2.24, 2.45) is 17.8 Å². The minimum atomic E-state index is 0.661. The molecule has 0 aromatic heterocycles. The lowest BCUT2D eigenvalue weighted by Gasteiger charge is -2.43. The van der Waals surface area contributed by atoms with Gasteiger partial charge in [0.1, 0.15) is 0 Å². The fourth-order valence-corrected chi connectivity index (χ4v) is 3.67. The normalized spacial score (nSPS) is 42.9. The summed E-state index contributed by atoms with van der Waals surface area (Å²) in [5.74, 6) is 3.03. The molecule has 82 valence electrons. The Bertz CT molecular complexity index is 183. The van der Waals surface area contributed by atoms with Gasteiger partial charge >= 0.3 is 0 Å². The van der Waals surface area contributed by atoms with Crippen molar-refractivity contribution in [1.82, 2.24) is 5.32 Å². The third-order valence-corrected chi connectivity index (χ3v) is 4.08. The third kappa shape index (κ3) is 2.31. The van der Waals surface area contributed by atoms with E-state index in [0.717, 1.165) is 23.8 Å². The Hall–Kier alpha value is -0.0400. The van der Waals surface area contributed by atoms with Crippen molar-refractivity contribution in [3.63, 3.8) is 0 Å². The lowest BCUT2D eigenvalue weighted by Crippen LogP contribution is -2.46. The second-order valence-corrected chi connectivity index (χ2v) is 5.94. The minimum absolute atomic E-state index is 0.661. The molecule has 4 unspecified atom stereocenters. The highest BCUT2D eigenvalue weighted by Crippen LogP contribution is 2.42. The van der Waals surface area contributed by atoms with Gasteiger partial charge < -0.3 is 5.32 Å². The van der Waals surface area contributed by atoms with Crippen LogP contribution < -0.4 is 5.32 Å². The molecule has 2 aliphatic carbocycles. The molecule has 1 N–H and O–H groups in total. The van der Waals surface area contributed by atoms with Gasteiger partial charge in [-0.05, 0) is 49.9 Å². The quantitative estimate of drug-likeness (QED) is 0.713. The summed E-state index contributed by atoms with van der Waals surface area (Å²) in [5, 5.41) is 3.76. The Kier molecular flexibility index (Phi) is 3.16. The van der Waals surface area contributed by atoms with Crippen molar-refractivity contribution in [3.8, 4) is 0 Å². The standard InChI is InChI=1S/C13H25N/c1-9(2)14-13-5-4-11-6-10(3)7-12(13)8-11/h9-14H,4-8H2,1-3H3. The van der Waals surface area contributed by atoms with Crippen molar-refractivity contribution in [2.45, 2.75) is 65.0 Å². The number of rotatable bonds is 2. The molecule has 0 amide bonds. The molecule has 2 rings (SSSR count). The predicted octanol–water partition coefficient (Wildman–Crippen LogP) is 3.20. The zero-order valence-corrected chi connectivity index (χ0v) is 9.92. The zero-order valence-electron chi connectivity index (χ0n) is 9.92. The fourth-order valence-electron chi connectivity index (χ4n) is 3.67. The largest absolute Gasteiger partial charge is 0.312 e.